The van der Waals surface area contributed by atoms with Crippen LogP contribution in [0.5, 0.6) is 0 Å². The highest BCUT2D eigenvalue weighted by molar-refractivity contribution is 5.76. The molecule has 0 bridgehead atoms. The highest BCUT2D eigenvalue weighted by Crippen LogP contribution is 2.19. The summed E-state index contributed by atoms with van der Waals surface area (Å²) in [5.41, 5.74) is 0. The molecule has 0 fully saturated rings. The van der Waals surface area contributed by atoms with Crippen LogP contribution in [0.2, 0.25) is 0 Å². The highest BCUT2D eigenvalue weighted by atomic mass is 16.3. The number of carbonyl (C=O) groups excluding carboxylic acids is 1. The highest BCUT2D eigenvalue weighted by Gasteiger charge is 2.26. The summed E-state index contributed by atoms with van der Waals surface area (Å²) in [7, 11) is 0. The summed E-state index contributed by atoms with van der Waals surface area (Å²) in [4.78, 5) is 12.5. The van der Waals surface area contributed by atoms with Gasteiger partial charge in [0, 0.05) is 6.42 Å². The lowest BCUT2D eigenvalue weighted by atomic mass is 9.99. The smallest absolute Gasteiger partial charge is 0.220 e. The third-order valence-corrected chi connectivity index (χ3v) is 14.0. The van der Waals surface area contributed by atoms with Gasteiger partial charge >= 0.3 is 0 Å². The van der Waals surface area contributed by atoms with Gasteiger partial charge in [0.25, 0.3) is 0 Å². The molecule has 372 valence electrons. The summed E-state index contributed by atoms with van der Waals surface area (Å²) in [5, 5.41) is 33.8. The third-order valence-electron chi connectivity index (χ3n) is 14.0. The van der Waals surface area contributed by atoms with Crippen molar-refractivity contribution in [2.45, 2.75) is 353 Å². The molecule has 5 heteroatoms. The SMILES string of the molecule is CCCCCCCCCCCCCCCCCCCCCCCCCCCCCCCCCC(=O)NC(CO)C(O)C(O)CCCCCCCCCCCCCCCCCCC. The number of rotatable bonds is 54. The molecule has 62 heavy (non-hydrogen) atoms. The van der Waals surface area contributed by atoms with Crippen molar-refractivity contribution < 1.29 is 20.1 Å². The van der Waals surface area contributed by atoms with Crippen LogP contribution in [0.3, 0.4) is 0 Å². The van der Waals surface area contributed by atoms with E-state index in [9.17, 15) is 20.1 Å². The second-order valence-corrected chi connectivity index (χ2v) is 20.2. The van der Waals surface area contributed by atoms with Gasteiger partial charge in [0.15, 0.2) is 0 Å². The standard InChI is InChI=1S/C57H115NO4/c1-3-5-7-9-11-13-15-17-19-21-22-23-24-25-26-27-28-29-30-31-32-33-34-36-38-40-42-44-46-48-50-52-56(61)58-54(53-59)57(62)55(60)51-49-47-45-43-41-39-37-35-20-18-16-14-12-10-8-6-4-2/h54-55,57,59-60,62H,3-53H2,1-2H3,(H,58,61). The molecule has 0 radical (unpaired) electrons. The second kappa shape index (κ2) is 53.0. The quantitative estimate of drug-likeness (QED) is 0.0458. The average molecular weight is 879 g/mol. The first-order chi connectivity index (χ1) is 30.6. The lowest BCUT2D eigenvalue weighted by Gasteiger charge is -2.26. The Morgan fingerprint density at radius 2 is 0.548 bits per heavy atom. The first-order valence-corrected chi connectivity index (χ1v) is 28.8. The number of hydrogen-bond donors (Lipinski definition) is 4. The van der Waals surface area contributed by atoms with Gasteiger partial charge in [-0.25, -0.2) is 0 Å². The van der Waals surface area contributed by atoms with Crippen molar-refractivity contribution in [1.82, 2.24) is 5.32 Å². The van der Waals surface area contributed by atoms with Crippen molar-refractivity contribution >= 4 is 5.91 Å². The van der Waals surface area contributed by atoms with Gasteiger partial charge in [0.2, 0.25) is 5.91 Å². The minimum Gasteiger partial charge on any atom is -0.394 e. The molecule has 0 aromatic carbocycles. The number of unbranched alkanes of at least 4 members (excludes halogenated alkanes) is 46. The second-order valence-electron chi connectivity index (χ2n) is 20.2. The Morgan fingerprint density at radius 1 is 0.339 bits per heavy atom. The molecule has 0 aliphatic carbocycles. The fraction of sp³-hybridized carbons (Fsp3) is 0.982. The van der Waals surface area contributed by atoms with E-state index in [0.717, 1.165) is 32.1 Å². The van der Waals surface area contributed by atoms with Crippen LogP contribution in [0.4, 0.5) is 0 Å². The van der Waals surface area contributed by atoms with Crippen molar-refractivity contribution in [2.75, 3.05) is 6.61 Å². The lowest BCUT2D eigenvalue weighted by Crippen LogP contribution is -2.50. The number of aliphatic hydroxyl groups is 3. The normalized spacial score (nSPS) is 13.2. The first-order valence-electron chi connectivity index (χ1n) is 28.8. The van der Waals surface area contributed by atoms with E-state index in [2.05, 4.69) is 19.2 Å². The minimum atomic E-state index is -1.13. The molecule has 0 aromatic rings. The van der Waals surface area contributed by atoms with Crippen molar-refractivity contribution in [1.29, 1.82) is 0 Å². The van der Waals surface area contributed by atoms with E-state index in [-0.39, 0.29) is 12.5 Å². The summed E-state index contributed by atoms with van der Waals surface area (Å²) < 4.78 is 0. The molecular weight excluding hydrogens is 763 g/mol. The lowest BCUT2D eigenvalue weighted by molar-refractivity contribution is -0.124. The van der Waals surface area contributed by atoms with E-state index >= 15 is 0 Å². The Labute approximate surface area is 389 Å². The van der Waals surface area contributed by atoms with Gasteiger partial charge in [-0.2, -0.15) is 0 Å². The molecule has 0 aliphatic heterocycles. The summed E-state index contributed by atoms with van der Waals surface area (Å²) in [6, 6.07) is -0.804. The molecule has 0 heterocycles. The third kappa shape index (κ3) is 47.3. The van der Waals surface area contributed by atoms with Gasteiger partial charge in [-0.05, 0) is 12.8 Å². The minimum absolute atomic E-state index is 0.136. The van der Waals surface area contributed by atoms with Crippen molar-refractivity contribution in [3.8, 4) is 0 Å². The molecule has 0 saturated heterocycles. The summed E-state index contributed by atoms with van der Waals surface area (Å²) in [6.45, 7) is 4.22. The Balaban J connectivity index is 3.45. The molecule has 3 atom stereocenters. The zero-order valence-corrected chi connectivity index (χ0v) is 42.5. The molecule has 0 aromatic heterocycles. The summed E-state index contributed by atoms with van der Waals surface area (Å²) in [5.74, 6) is -0.136. The average Bonchev–Trinajstić information content (AvgIpc) is 3.28. The van der Waals surface area contributed by atoms with E-state index in [1.54, 1.807) is 0 Å². The Bertz CT molecular complexity index is 838. The van der Waals surface area contributed by atoms with E-state index in [0.29, 0.717) is 12.8 Å². The van der Waals surface area contributed by atoms with E-state index in [1.807, 2.05) is 0 Å². The topological polar surface area (TPSA) is 89.8 Å². The largest absolute Gasteiger partial charge is 0.394 e. The van der Waals surface area contributed by atoms with Crippen LogP contribution in [0, 0.1) is 0 Å². The van der Waals surface area contributed by atoms with Gasteiger partial charge in [-0.3, -0.25) is 4.79 Å². The van der Waals surface area contributed by atoms with Crippen molar-refractivity contribution in [2.24, 2.45) is 0 Å². The van der Waals surface area contributed by atoms with Gasteiger partial charge in [-0.1, -0.05) is 316 Å². The molecule has 3 unspecified atom stereocenters. The molecular formula is C57H115NO4. The fourth-order valence-electron chi connectivity index (χ4n) is 9.52. The van der Waals surface area contributed by atoms with Crippen LogP contribution in [-0.2, 0) is 4.79 Å². The van der Waals surface area contributed by atoms with E-state index < -0.39 is 18.2 Å². The number of aliphatic hydroxyl groups excluding tert-OH is 3. The number of nitrogens with one attached hydrogen (secondary N) is 1. The molecule has 0 saturated carbocycles. The van der Waals surface area contributed by atoms with Crippen LogP contribution in [0.1, 0.15) is 335 Å². The van der Waals surface area contributed by atoms with Crippen LogP contribution in [0.25, 0.3) is 0 Å². The van der Waals surface area contributed by atoms with Gasteiger partial charge in [-0.15, -0.1) is 0 Å². The fourth-order valence-corrected chi connectivity index (χ4v) is 9.52. The predicted octanol–water partition coefficient (Wildman–Crippen LogP) is 17.7. The van der Waals surface area contributed by atoms with E-state index in [1.165, 1.54) is 276 Å². The Kier molecular flexibility index (Phi) is 52.4. The number of amides is 1. The summed E-state index contributed by atoms with van der Waals surface area (Å²) >= 11 is 0. The maximum Gasteiger partial charge on any atom is 0.220 e. The molecule has 1 amide bonds. The van der Waals surface area contributed by atoms with Crippen LogP contribution in [-0.4, -0.2) is 46.1 Å². The molecule has 0 spiro atoms. The summed E-state index contributed by atoms with van der Waals surface area (Å²) in [6.07, 6.45) is 64.1. The first kappa shape index (κ1) is 61.4. The van der Waals surface area contributed by atoms with Gasteiger partial charge in [0.1, 0.15) is 6.10 Å². The molecule has 4 N–H and O–H groups in total. The maximum absolute atomic E-state index is 12.5. The number of hydrogen-bond acceptors (Lipinski definition) is 4. The number of carbonyl (C=O) groups is 1. The van der Waals surface area contributed by atoms with Gasteiger partial charge in [0.05, 0.1) is 18.8 Å². The Morgan fingerprint density at radius 3 is 0.774 bits per heavy atom. The van der Waals surface area contributed by atoms with E-state index in [4.69, 9.17) is 0 Å². The van der Waals surface area contributed by atoms with Crippen LogP contribution < -0.4 is 5.32 Å². The Hall–Kier alpha value is -0.650. The maximum atomic E-state index is 12.5. The van der Waals surface area contributed by atoms with Crippen molar-refractivity contribution in [3.05, 3.63) is 0 Å². The monoisotopic (exact) mass is 878 g/mol. The molecule has 0 rings (SSSR count). The van der Waals surface area contributed by atoms with Gasteiger partial charge < -0.3 is 20.6 Å². The van der Waals surface area contributed by atoms with Crippen molar-refractivity contribution in [3.63, 3.8) is 0 Å². The molecule has 0 aliphatic rings. The van der Waals surface area contributed by atoms with Crippen LogP contribution >= 0.6 is 0 Å². The predicted molar refractivity (Wildman–Crippen MR) is 273 cm³/mol. The zero-order chi connectivity index (χ0) is 45.1. The van der Waals surface area contributed by atoms with Crippen LogP contribution in [0.15, 0.2) is 0 Å². The zero-order valence-electron chi connectivity index (χ0n) is 42.5. The molecule has 5 nitrogen and oxygen atoms in total.